The molecule has 0 aliphatic carbocycles. The highest BCUT2D eigenvalue weighted by Crippen LogP contribution is 2.32. The zero-order chi connectivity index (χ0) is 23.5. The number of carbonyl (C=O) groups excluding carboxylic acids is 1. The number of hydrogen-bond donors (Lipinski definition) is 1. The first-order valence-corrected chi connectivity index (χ1v) is 14.8. The first-order chi connectivity index (χ1) is 15.9. The standard InChI is InChI=1S/C22H25Cl2IN6OS/c1-3-14-6-18(29(2)21-19-4-5-31(33-25)22(19)28-13-27-21)12-30(11-14)20(32)10-26-17-8-15(23)7-16(24)9-17/h4-5,7-9,13-14,18,26H,3,6,10-12H2,1-2H3. The lowest BCUT2D eigenvalue weighted by atomic mass is 9.91. The van der Waals surface area contributed by atoms with Crippen LogP contribution < -0.4 is 10.2 Å². The van der Waals surface area contributed by atoms with E-state index in [-0.39, 0.29) is 18.5 Å². The van der Waals surface area contributed by atoms with Gasteiger partial charge in [0.05, 0.1) is 11.9 Å². The number of nitrogens with one attached hydrogen (secondary N) is 1. The van der Waals surface area contributed by atoms with Gasteiger partial charge in [-0.1, -0.05) is 36.5 Å². The quantitative estimate of drug-likeness (QED) is 0.340. The van der Waals surface area contributed by atoms with E-state index in [0.717, 1.165) is 41.9 Å². The Balaban J connectivity index is 1.49. The van der Waals surface area contributed by atoms with Crippen molar-refractivity contribution in [3.63, 3.8) is 0 Å². The molecule has 0 spiro atoms. The largest absolute Gasteiger partial charge is 0.376 e. The Morgan fingerprint density at radius 3 is 2.73 bits per heavy atom. The van der Waals surface area contributed by atoms with Gasteiger partial charge in [0.1, 0.15) is 12.1 Å². The van der Waals surface area contributed by atoms with E-state index in [0.29, 0.717) is 22.5 Å². The average molecular weight is 619 g/mol. The lowest BCUT2D eigenvalue weighted by Crippen LogP contribution is -2.53. The molecule has 11 heteroatoms. The fraction of sp³-hybridized carbons (Fsp3) is 0.409. The molecule has 33 heavy (non-hydrogen) atoms. The molecule has 4 rings (SSSR count). The first kappa shape index (κ1) is 24.7. The Kier molecular flexibility index (Phi) is 8.14. The second-order valence-electron chi connectivity index (χ2n) is 8.23. The fourth-order valence-corrected chi connectivity index (χ4v) is 6.12. The van der Waals surface area contributed by atoms with Crippen LogP contribution in [-0.2, 0) is 4.79 Å². The topological polar surface area (TPSA) is 66.3 Å². The summed E-state index contributed by atoms with van der Waals surface area (Å²) in [6, 6.07) is 7.42. The summed E-state index contributed by atoms with van der Waals surface area (Å²) in [5, 5.41) is 5.25. The van der Waals surface area contributed by atoms with Gasteiger partial charge in [-0.2, -0.15) is 0 Å². The van der Waals surface area contributed by atoms with Crippen molar-refractivity contribution in [2.45, 2.75) is 25.8 Å². The van der Waals surface area contributed by atoms with E-state index < -0.39 is 0 Å². The number of carbonyl (C=O) groups is 1. The molecule has 0 bridgehead atoms. The molecule has 0 saturated carbocycles. The van der Waals surface area contributed by atoms with Crippen molar-refractivity contribution in [2.75, 3.05) is 36.9 Å². The van der Waals surface area contributed by atoms with Gasteiger partial charge >= 0.3 is 0 Å². The number of hydrogen-bond acceptors (Lipinski definition) is 6. The van der Waals surface area contributed by atoms with Gasteiger partial charge in [0.15, 0.2) is 5.65 Å². The molecule has 1 fully saturated rings. The maximum absolute atomic E-state index is 13.1. The van der Waals surface area contributed by atoms with Crippen molar-refractivity contribution in [1.82, 2.24) is 18.8 Å². The molecule has 3 heterocycles. The summed E-state index contributed by atoms with van der Waals surface area (Å²) < 4.78 is 2.02. The third-order valence-corrected chi connectivity index (χ3v) is 8.29. The molecule has 1 amide bonds. The number of piperidine rings is 1. The summed E-state index contributed by atoms with van der Waals surface area (Å²) >= 11 is 14.4. The molecule has 2 unspecified atom stereocenters. The Morgan fingerprint density at radius 1 is 1.27 bits per heavy atom. The van der Waals surface area contributed by atoms with Crippen LogP contribution in [0.4, 0.5) is 11.5 Å². The Hall–Kier alpha value is -1.43. The number of likely N-dealkylation sites (N-methyl/N-ethyl adjacent to an activating group) is 1. The Labute approximate surface area is 219 Å². The molecule has 1 N–H and O–H groups in total. The minimum Gasteiger partial charge on any atom is -0.376 e. The van der Waals surface area contributed by atoms with Crippen LogP contribution in [0.3, 0.4) is 0 Å². The van der Waals surface area contributed by atoms with Crippen molar-refractivity contribution in [3.05, 3.63) is 46.8 Å². The lowest BCUT2D eigenvalue weighted by Gasteiger charge is -2.42. The van der Waals surface area contributed by atoms with Gasteiger partial charge in [-0.25, -0.2) is 9.97 Å². The predicted octanol–water partition coefficient (Wildman–Crippen LogP) is 5.76. The second kappa shape index (κ2) is 10.9. The fourth-order valence-electron chi connectivity index (χ4n) is 4.32. The molecule has 176 valence electrons. The number of anilines is 2. The van der Waals surface area contributed by atoms with Crippen LogP contribution in [0.1, 0.15) is 19.8 Å². The van der Waals surface area contributed by atoms with E-state index in [2.05, 4.69) is 61.4 Å². The van der Waals surface area contributed by atoms with E-state index >= 15 is 0 Å². The van der Waals surface area contributed by atoms with Crippen LogP contribution in [0.25, 0.3) is 11.0 Å². The summed E-state index contributed by atoms with van der Waals surface area (Å²) in [4.78, 5) is 26.3. The lowest BCUT2D eigenvalue weighted by molar-refractivity contribution is -0.131. The minimum absolute atomic E-state index is 0.0583. The normalized spacial score (nSPS) is 18.5. The van der Waals surface area contributed by atoms with Crippen molar-refractivity contribution >= 4 is 82.0 Å². The van der Waals surface area contributed by atoms with E-state index in [1.807, 2.05) is 15.1 Å². The predicted molar refractivity (Wildman–Crippen MR) is 147 cm³/mol. The van der Waals surface area contributed by atoms with Crippen LogP contribution >= 0.6 is 53.5 Å². The van der Waals surface area contributed by atoms with Crippen molar-refractivity contribution < 1.29 is 4.79 Å². The van der Waals surface area contributed by atoms with Crippen LogP contribution in [0.5, 0.6) is 0 Å². The number of likely N-dealkylation sites (tertiary alicyclic amines) is 1. The average Bonchev–Trinajstić information content (AvgIpc) is 3.24. The molecule has 7 nitrogen and oxygen atoms in total. The third kappa shape index (κ3) is 5.63. The van der Waals surface area contributed by atoms with Gasteiger partial charge in [0.2, 0.25) is 5.91 Å². The number of rotatable bonds is 7. The smallest absolute Gasteiger partial charge is 0.241 e. The van der Waals surface area contributed by atoms with Gasteiger partial charge < -0.3 is 15.1 Å². The number of benzene rings is 1. The zero-order valence-electron chi connectivity index (χ0n) is 18.3. The maximum Gasteiger partial charge on any atom is 0.241 e. The number of halogens is 3. The molecular formula is C22H25Cl2IN6OS. The highest BCUT2D eigenvalue weighted by atomic mass is 127. The SMILES string of the molecule is CCC1CC(N(C)c2ncnc3c2ccn3SI)CN(C(=O)CNc2cc(Cl)cc(Cl)c2)C1. The van der Waals surface area contributed by atoms with Crippen LogP contribution in [0, 0.1) is 5.92 Å². The van der Waals surface area contributed by atoms with E-state index in [1.54, 1.807) is 33.6 Å². The highest BCUT2D eigenvalue weighted by molar-refractivity contribution is 14.2. The van der Waals surface area contributed by atoms with E-state index in [9.17, 15) is 4.79 Å². The molecular weight excluding hydrogens is 594 g/mol. The number of aromatic nitrogens is 3. The number of nitrogens with zero attached hydrogens (tertiary/aromatic N) is 5. The molecule has 1 aliphatic rings. The van der Waals surface area contributed by atoms with Gasteiger partial charge in [-0.15, -0.1) is 0 Å². The van der Waals surface area contributed by atoms with Crippen molar-refractivity contribution in [2.24, 2.45) is 5.92 Å². The number of amides is 1. The summed E-state index contributed by atoms with van der Waals surface area (Å²) in [6.45, 7) is 3.79. The summed E-state index contributed by atoms with van der Waals surface area (Å²) in [6.07, 6.45) is 5.65. The van der Waals surface area contributed by atoms with Crippen molar-refractivity contribution in [3.8, 4) is 0 Å². The summed E-state index contributed by atoms with van der Waals surface area (Å²) in [5.74, 6) is 1.38. The zero-order valence-corrected chi connectivity index (χ0v) is 22.8. The number of fused-ring (bicyclic) bond motifs is 1. The second-order valence-corrected chi connectivity index (χ2v) is 10.8. The van der Waals surface area contributed by atoms with Crippen molar-refractivity contribution in [1.29, 1.82) is 0 Å². The van der Waals surface area contributed by atoms with Crippen LogP contribution in [0.2, 0.25) is 10.0 Å². The van der Waals surface area contributed by atoms with Gasteiger partial charge in [0, 0.05) is 78.4 Å². The first-order valence-electron chi connectivity index (χ1n) is 10.7. The molecule has 1 aliphatic heterocycles. The molecule has 2 atom stereocenters. The van der Waals surface area contributed by atoms with Gasteiger partial charge in [-0.05, 0) is 36.6 Å². The monoisotopic (exact) mass is 618 g/mol. The third-order valence-electron chi connectivity index (χ3n) is 6.13. The van der Waals surface area contributed by atoms with Gasteiger partial charge in [-0.3, -0.25) is 8.77 Å². The van der Waals surface area contributed by atoms with Gasteiger partial charge in [0.25, 0.3) is 0 Å². The Morgan fingerprint density at radius 2 is 2.03 bits per heavy atom. The minimum atomic E-state index is 0.0583. The highest BCUT2D eigenvalue weighted by Gasteiger charge is 2.32. The summed E-state index contributed by atoms with van der Waals surface area (Å²) in [7, 11) is 3.64. The van der Waals surface area contributed by atoms with E-state index in [4.69, 9.17) is 23.2 Å². The molecule has 3 aromatic rings. The van der Waals surface area contributed by atoms with Crippen LogP contribution in [0.15, 0.2) is 36.8 Å². The molecule has 1 aromatic carbocycles. The summed E-state index contributed by atoms with van der Waals surface area (Å²) in [5.41, 5.74) is 1.63. The molecule has 2 aromatic heterocycles. The van der Waals surface area contributed by atoms with Crippen LogP contribution in [-0.4, -0.2) is 57.5 Å². The Bertz CT molecular complexity index is 1130. The molecule has 1 saturated heterocycles. The molecule has 0 radical (unpaired) electrons. The van der Waals surface area contributed by atoms with E-state index in [1.165, 1.54) is 0 Å². The maximum atomic E-state index is 13.1.